The van der Waals surface area contributed by atoms with Crippen LogP contribution in [0.3, 0.4) is 0 Å². The van der Waals surface area contributed by atoms with Crippen molar-refractivity contribution in [3.8, 4) is 0 Å². The van der Waals surface area contributed by atoms with Crippen molar-refractivity contribution in [2.24, 2.45) is 0 Å². The molecule has 0 aliphatic carbocycles. The van der Waals surface area contributed by atoms with Gasteiger partial charge in [0.05, 0.1) is 0 Å². The maximum atomic E-state index is 4.12. The number of benzene rings is 1. The van der Waals surface area contributed by atoms with Gasteiger partial charge in [-0.15, -0.1) is 0 Å². The minimum absolute atomic E-state index is 0.869. The van der Waals surface area contributed by atoms with E-state index >= 15 is 0 Å². The monoisotopic (exact) mass is 208 g/mol. The molecular formula is C9H8N2S2. The highest BCUT2D eigenvalue weighted by molar-refractivity contribution is 7.98. The van der Waals surface area contributed by atoms with Gasteiger partial charge in [-0.3, -0.25) is 0 Å². The summed E-state index contributed by atoms with van der Waals surface area (Å²) >= 11 is 3.06. The third kappa shape index (κ3) is 2.54. The summed E-state index contributed by atoms with van der Waals surface area (Å²) in [7, 11) is 0. The fourth-order valence-electron chi connectivity index (χ4n) is 0.947. The Balaban J connectivity index is 1.94. The van der Waals surface area contributed by atoms with Crippen molar-refractivity contribution < 1.29 is 0 Å². The van der Waals surface area contributed by atoms with Crippen LogP contribution in [0.2, 0.25) is 0 Å². The molecule has 2 aromatic rings. The van der Waals surface area contributed by atoms with Crippen LogP contribution in [0.25, 0.3) is 0 Å². The number of rotatable bonds is 3. The van der Waals surface area contributed by atoms with Gasteiger partial charge in [0.1, 0.15) is 5.51 Å². The van der Waals surface area contributed by atoms with Crippen LogP contribution < -0.4 is 0 Å². The second-order valence-corrected chi connectivity index (χ2v) is 4.03. The van der Waals surface area contributed by atoms with Crippen molar-refractivity contribution in [2.45, 2.75) is 10.9 Å². The summed E-state index contributed by atoms with van der Waals surface area (Å²) in [5.41, 5.74) is 3.06. The van der Waals surface area contributed by atoms with Gasteiger partial charge >= 0.3 is 0 Å². The van der Waals surface area contributed by atoms with E-state index in [0.29, 0.717) is 0 Å². The number of hydrogen-bond acceptors (Lipinski definition) is 4. The molecular weight excluding hydrogens is 200 g/mol. The molecule has 4 heteroatoms. The Morgan fingerprint density at radius 3 is 2.77 bits per heavy atom. The highest BCUT2D eigenvalue weighted by Crippen LogP contribution is 2.18. The van der Waals surface area contributed by atoms with Crippen molar-refractivity contribution in [1.29, 1.82) is 0 Å². The van der Waals surface area contributed by atoms with Gasteiger partial charge < -0.3 is 0 Å². The average Bonchev–Trinajstić information content (AvgIpc) is 2.69. The van der Waals surface area contributed by atoms with E-state index in [1.165, 1.54) is 17.1 Å². The lowest BCUT2D eigenvalue weighted by molar-refractivity contribution is 1.08. The molecule has 0 saturated carbocycles. The molecule has 0 radical (unpaired) electrons. The van der Waals surface area contributed by atoms with E-state index in [1.807, 2.05) is 18.2 Å². The molecule has 1 aromatic carbocycles. The SMILES string of the molecule is c1ccc(CSc2ncsn2)cc1. The Morgan fingerprint density at radius 1 is 1.23 bits per heavy atom. The normalized spacial score (nSPS) is 10.2. The van der Waals surface area contributed by atoms with Gasteiger partial charge in [-0.25, -0.2) is 4.98 Å². The van der Waals surface area contributed by atoms with Gasteiger partial charge in [0.25, 0.3) is 0 Å². The van der Waals surface area contributed by atoms with Crippen LogP contribution in [0.15, 0.2) is 41.0 Å². The standard InChI is InChI=1S/C9H8N2S2/c1-2-4-8(5-3-1)6-12-9-10-7-13-11-9/h1-5,7H,6H2. The Labute approximate surface area is 85.2 Å². The van der Waals surface area contributed by atoms with E-state index in [-0.39, 0.29) is 0 Å². The summed E-state index contributed by atoms with van der Waals surface area (Å²) < 4.78 is 4.12. The Hall–Kier alpha value is -0.870. The zero-order valence-corrected chi connectivity index (χ0v) is 8.52. The topological polar surface area (TPSA) is 25.8 Å². The molecule has 0 fully saturated rings. The average molecular weight is 208 g/mol. The molecule has 0 N–H and O–H groups in total. The molecule has 0 aliphatic rings. The highest BCUT2D eigenvalue weighted by Gasteiger charge is 1.97. The predicted octanol–water partition coefficient (Wildman–Crippen LogP) is 2.83. The summed E-state index contributed by atoms with van der Waals surface area (Å²) in [4.78, 5) is 4.10. The molecule has 0 saturated heterocycles. The molecule has 1 heterocycles. The van der Waals surface area contributed by atoms with Crippen molar-refractivity contribution in [2.75, 3.05) is 0 Å². The minimum atomic E-state index is 0.869. The van der Waals surface area contributed by atoms with Crippen molar-refractivity contribution in [1.82, 2.24) is 9.36 Å². The molecule has 1 aromatic heterocycles. The van der Waals surface area contributed by atoms with Crippen molar-refractivity contribution >= 4 is 23.3 Å². The molecule has 0 bridgehead atoms. The molecule has 0 aliphatic heterocycles. The lowest BCUT2D eigenvalue weighted by Crippen LogP contribution is -1.79. The van der Waals surface area contributed by atoms with Crippen molar-refractivity contribution in [3.63, 3.8) is 0 Å². The molecule has 0 unspecified atom stereocenters. The molecule has 2 nitrogen and oxygen atoms in total. The fraction of sp³-hybridized carbons (Fsp3) is 0.111. The first kappa shape index (κ1) is 8.72. The van der Waals surface area contributed by atoms with Gasteiger partial charge in [0.15, 0.2) is 5.16 Å². The highest BCUT2D eigenvalue weighted by atomic mass is 32.2. The number of thioether (sulfide) groups is 1. The fourth-order valence-corrected chi connectivity index (χ4v) is 2.30. The third-order valence-electron chi connectivity index (χ3n) is 1.55. The largest absolute Gasteiger partial charge is 0.218 e. The Kier molecular flexibility index (Phi) is 2.94. The first-order chi connectivity index (χ1) is 6.45. The maximum Gasteiger partial charge on any atom is 0.200 e. The van der Waals surface area contributed by atoms with Gasteiger partial charge in [0, 0.05) is 5.75 Å². The first-order valence-corrected chi connectivity index (χ1v) is 5.70. The Bertz CT molecular complexity index is 345. The smallest absolute Gasteiger partial charge is 0.200 e. The number of aromatic nitrogens is 2. The molecule has 0 atom stereocenters. The number of hydrogen-bond donors (Lipinski definition) is 0. The summed E-state index contributed by atoms with van der Waals surface area (Å²) in [5.74, 6) is 0.942. The number of nitrogens with zero attached hydrogens (tertiary/aromatic N) is 2. The molecule has 0 spiro atoms. The van der Waals surface area contributed by atoms with E-state index < -0.39 is 0 Å². The van der Waals surface area contributed by atoms with E-state index in [0.717, 1.165) is 10.9 Å². The van der Waals surface area contributed by atoms with Gasteiger partial charge in [-0.2, -0.15) is 4.37 Å². The third-order valence-corrected chi connectivity index (χ3v) is 3.08. The van der Waals surface area contributed by atoms with E-state index in [4.69, 9.17) is 0 Å². The van der Waals surface area contributed by atoms with Gasteiger partial charge in [0.2, 0.25) is 0 Å². The lowest BCUT2D eigenvalue weighted by atomic mass is 10.2. The van der Waals surface area contributed by atoms with E-state index in [9.17, 15) is 0 Å². The summed E-state index contributed by atoms with van der Waals surface area (Å²) in [5, 5.41) is 0.869. The lowest BCUT2D eigenvalue weighted by Gasteiger charge is -1.96. The molecule has 0 amide bonds. The summed E-state index contributed by atoms with van der Waals surface area (Å²) in [6.07, 6.45) is 0. The second kappa shape index (κ2) is 4.39. The van der Waals surface area contributed by atoms with E-state index in [2.05, 4.69) is 21.5 Å². The van der Waals surface area contributed by atoms with Crippen LogP contribution >= 0.6 is 23.3 Å². The van der Waals surface area contributed by atoms with Crippen LogP contribution in [-0.4, -0.2) is 9.36 Å². The maximum absolute atomic E-state index is 4.12. The minimum Gasteiger partial charge on any atom is -0.218 e. The van der Waals surface area contributed by atoms with Crippen molar-refractivity contribution in [3.05, 3.63) is 41.4 Å². The van der Waals surface area contributed by atoms with Crippen LogP contribution in [0.1, 0.15) is 5.56 Å². The second-order valence-electron chi connectivity index (χ2n) is 2.49. The molecule has 2 rings (SSSR count). The van der Waals surface area contributed by atoms with Crippen LogP contribution in [-0.2, 0) is 5.75 Å². The summed E-state index contributed by atoms with van der Waals surface area (Å²) in [6.45, 7) is 0. The van der Waals surface area contributed by atoms with E-state index in [1.54, 1.807) is 17.3 Å². The van der Waals surface area contributed by atoms with Gasteiger partial charge in [-0.1, -0.05) is 42.1 Å². The van der Waals surface area contributed by atoms with Gasteiger partial charge in [-0.05, 0) is 17.1 Å². The predicted molar refractivity (Wildman–Crippen MR) is 55.9 cm³/mol. The molecule has 13 heavy (non-hydrogen) atoms. The first-order valence-electron chi connectivity index (χ1n) is 3.88. The zero-order chi connectivity index (χ0) is 8.93. The Morgan fingerprint density at radius 2 is 2.08 bits per heavy atom. The van der Waals surface area contributed by atoms with Crippen LogP contribution in [0, 0.1) is 0 Å². The summed E-state index contributed by atoms with van der Waals surface area (Å²) in [6, 6.07) is 10.3. The van der Waals surface area contributed by atoms with Crippen LogP contribution in [0.4, 0.5) is 0 Å². The molecule has 66 valence electrons. The quantitative estimate of drug-likeness (QED) is 0.725. The zero-order valence-electron chi connectivity index (χ0n) is 6.88. The van der Waals surface area contributed by atoms with Crippen LogP contribution in [0.5, 0.6) is 0 Å².